The summed E-state index contributed by atoms with van der Waals surface area (Å²) in [6.07, 6.45) is 0. The standard InChI is InChI=1S/C17H18N2O3S/c1-12-8-13(2)15(16(9-12)22-3)11-19-23(20,21)17-7-5-4-6-14(17)10-18/h4-9,19H,11H2,1-3H3. The van der Waals surface area contributed by atoms with Crippen LogP contribution in [-0.2, 0) is 16.6 Å². The predicted molar refractivity (Wildman–Crippen MR) is 87.7 cm³/mol. The molecule has 0 aliphatic carbocycles. The summed E-state index contributed by atoms with van der Waals surface area (Å²) in [5.74, 6) is 0.638. The first-order chi connectivity index (χ1) is 10.9. The van der Waals surface area contributed by atoms with Crippen LogP contribution in [0.2, 0.25) is 0 Å². The Kier molecular flexibility index (Phi) is 5.04. The average Bonchev–Trinajstić information content (AvgIpc) is 2.53. The molecule has 6 heteroatoms. The van der Waals surface area contributed by atoms with Crippen molar-refractivity contribution < 1.29 is 13.2 Å². The third-order valence-corrected chi connectivity index (χ3v) is 4.99. The molecule has 0 atom stereocenters. The van der Waals surface area contributed by atoms with Crippen molar-refractivity contribution in [2.45, 2.75) is 25.3 Å². The van der Waals surface area contributed by atoms with Gasteiger partial charge in [0.1, 0.15) is 11.8 Å². The molecule has 1 N–H and O–H groups in total. The first-order valence-electron chi connectivity index (χ1n) is 7.02. The molecule has 0 radical (unpaired) electrons. The number of methoxy groups -OCH3 is 1. The number of benzene rings is 2. The summed E-state index contributed by atoms with van der Waals surface area (Å²) in [6.45, 7) is 3.95. The maximum Gasteiger partial charge on any atom is 0.242 e. The zero-order chi connectivity index (χ0) is 17.0. The van der Waals surface area contributed by atoms with Gasteiger partial charge < -0.3 is 4.74 Å². The van der Waals surface area contributed by atoms with Crippen LogP contribution < -0.4 is 9.46 Å². The maximum atomic E-state index is 12.5. The second kappa shape index (κ2) is 6.82. The maximum absolute atomic E-state index is 12.5. The van der Waals surface area contributed by atoms with Crippen LogP contribution in [0.5, 0.6) is 5.75 Å². The van der Waals surface area contributed by atoms with Crippen LogP contribution in [0.15, 0.2) is 41.3 Å². The van der Waals surface area contributed by atoms with Crippen LogP contribution in [0.1, 0.15) is 22.3 Å². The minimum Gasteiger partial charge on any atom is -0.496 e. The topological polar surface area (TPSA) is 79.2 Å². The Morgan fingerprint density at radius 3 is 2.57 bits per heavy atom. The van der Waals surface area contributed by atoms with Crippen LogP contribution >= 0.6 is 0 Å². The van der Waals surface area contributed by atoms with E-state index >= 15 is 0 Å². The fourth-order valence-corrected chi connectivity index (χ4v) is 3.56. The van der Waals surface area contributed by atoms with Crippen LogP contribution in [-0.4, -0.2) is 15.5 Å². The van der Waals surface area contributed by atoms with E-state index in [4.69, 9.17) is 10.00 Å². The third kappa shape index (κ3) is 3.70. The number of hydrogen-bond acceptors (Lipinski definition) is 4. The van der Waals surface area contributed by atoms with Crippen molar-refractivity contribution in [3.63, 3.8) is 0 Å². The van der Waals surface area contributed by atoms with Gasteiger partial charge in [0, 0.05) is 12.1 Å². The molecule has 0 amide bonds. The highest BCUT2D eigenvalue weighted by Gasteiger charge is 2.19. The largest absolute Gasteiger partial charge is 0.496 e. The van der Waals surface area contributed by atoms with Crippen molar-refractivity contribution in [1.29, 1.82) is 5.26 Å². The number of hydrogen-bond donors (Lipinski definition) is 1. The van der Waals surface area contributed by atoms with Gasteiger partial charge in [0.15, 0.2) is 0 Å². The van der Waals surface area contributed by atoms with E-state index in [1.165, 1.54) is 12.1 Å². The quantitative estimate of drug-likeness (QED) is 0.914. The number of nitrogens with zero attached hydrogens (tertiary/aromatic N) is 1. The first-order valence-corrected chi connectivity index (χ1v) is 8.50. The first kappa shape index (κ1) is 17.0. The Labute approximate surface area is 136 Å². The molecular formula is C17H18N2O3S. The molecule has 0 aromatic heterocycles. The SMILES string of the molecule is COc1cc(C)cc(C)c1CNS(=O)(=O)c1ccccc1C#N. The molecule has 5 nitrogen and oxygen atoms in total. The monoisotopic (exact) mass is 330 g/mol. The van der Waals surface area contributed by atoms with Gasteiger partial charge in [-0.3, -0.25) is 0 Å². The van der Waals surface area contributed by atoms with Crippen molar-refractivity contribution in [3.05, 3.63) is 58.7 Å². The summed E-state index contributed by atoms with van der Waals surface area (Å²) in [5.41, 5.74) is 2.88. The van der Waals surface area contributed by atoms with Gasteiger partial charge in [-0.05, 0) is 43.2 Å². The smallest absolute Gasteiger partial charge is 0.242 e. The number of rotatable bonds is 5. The second-order valence-corrected chi connectivity index (χ2v) is 6.93. The molecule has 2 rings (SSSR count). The molecule has 0 unspecified atom stereocenters. The lowest BCUT2D eigenvalue weighted by Gasteiger charge is -2.14. The van der Waals surface area contributed by atoms with Gasteiger partial charge in [-0.2, -0.15) is 5.26 Å². The van der Waals surface area contributed by atoms with Gasteiger partial charge in [-0.15, -0.1) is 0 Å². The average molecular weight is 330 g/mol. The molecular weight excluding hydrogens is 312 g/mol. The van der Waals surface area contributed by atoms with Crippen LogP contribution in [0.25, 0.3) is 0 Å². The summed E-state index contributed by atoms with van der Waals surface area (Å²) in [7, 11) is -2.23. The summed E-state index contributed by atoms with van der Waals surface area (Å²) >= 11 is 0. The van der Waals surface area contributed by atoms with Crippen LogP contribution in [0.4, 0.5) is 0 Å². The molecule has 0 bridgehead atoms. The van der Waals surface area contributed by atoms with Crippen molar-refractivity contribution in [3.8, 4) is 11.8 Å². The van der Waals surface area contributed by atoms with E-state index in [0.29, 0.717) is 5.75 Å². The second-order valence-electron chi connectivity index (χ2n) is 5.20. The molecule has 0 aliphatic rings. The Hall–Kier alpha value is -2.36. The number of sulfonamides is 1. The normalized spacial score (nSPS) is 11.0. The van der Waals surface area contributed by atoms with Crippen LogP contribution in [0, 0.1) is 25.2 Å². The summed E-state index contributed by atoms with van der Waals surface area (Å²) < 4.78 is 32.8. The fourth-order valence-electron chi connectivity index (χ4n) is 2.41. The van der Waals surface area contributed by atoms with Crippen molar-refractivity contribution in [2.24, 2.45) is 0 Å². The van der Waals surface area contributed by atoms with E-state index in [0.717, 1.165) is 16.7 Å². The van der Waals surface area contributed by atoms with Gasteiger partial charge in [-0.1, -0.05) is 18.2 Å². The van der Waals surface area contributed by atoms with E-state index in [2.05, 4.69) is 4.72 Å². The van der Waals surface area contributed by atoms with E-state index in [1.807, 2.05) is 32.0 Å². The molecule has 2 aromatic rings. The fraction of sp³-hybridized carbons (Fsp3) is 0.235. The van der Waals surface area contributed by atoms with Crippen molar-refractivity contribution in [2.75, 3.05) is 7.11 Å². The van der Waals surface area contributed by atoms with Gasteiger partial charge in [0.2, 0.25) is 10.0 Å². The van der Waals surface area contributed by atoms with Gasteiger partial charge in [-0.25, -0.2) is 13.1 Å². The van der Waals surface area contributed by atoms with E-state index < -0.39 is 10.0 Å². The minimum atomic E-state index is -3.78. The van der Waals surface area contributed by atoms with E-state index in [9.17, 15) is 8.42 Å². The van der Waals surface area contributed by atoms with Crippen molar-refractivity contribution >= 4 is 10.0 Å². The zero-order valence-corrected chi connectivity index (χ0v) is 14.1. The summed E-state index contributed by atoms with van der Waals surface area (Å²) in [4.78, 5) is -0.0220. The molecule has 0 spiro atoms. The lowest BCUT2D eigenvalue weighted by molar-refractivity contribution is 0.408. The highest BCUT2D eigenvalue weighted by molar-refractivity contribution is 7.89. The molecule has 0 aliphatic heterocycles. The molecule has 0 fully saturated rings. The van der Waals surface area contributed by atoms with E-state index in [1.54, 1.807) is 19.2 Å². The number of nitrogens with one attached hydrogen (secondary N) is 1. The summed E-state index contributed by atoms with van der Waals surface area (Å²) in [6, 6.07) is 11.8. The summed E-state index contributed by atoms with van der Waals surface area (Å²) in [5, 5.41) is 9.06. The zero-order valence-electron chi connectivity index (χ0n) is 13.3. The highest BCUT2D eigenvalue weighted by atomic mass is 32.2. The van der Waals surface area contributed by atoms with Gasteiger partial charge >= 0.3 is 0 Å². The van der Waals surface area contributed by atoms with Gasteiger partial charge in [0.25, 0.3) is 0 Å². The molecule has 0 heterocycles. The van der Waals surface area contributed by atoms with E-state index in [-0.39, 0.29) is 17.0 Å². The Bertz CT molecular complexity index is 868. The van der Waals surface area contributed by atoms with Gasteiger partial charge in [0.05, 0.1) is 17.6 Å². The Balaban J connectivity index is 2.33. The predicted octanol–water partition coefficient (Wildman–Crippen LogP) is 2.66. The third-order valence-electron chi connectivity index (χ3n) is 3.53. The Morgan fingerprint density at radius 2 is 1.91 bits per heavy atom. The Morgan fingerprint density at radius 1 is 1.22 bits per heavy atom. The number of aryl methyl sites for hydroxylation is 2. The molecule has 0 saturated carbocycles. The molecule has 23 heavy (non-hydrogen) atoms. The number of nitriles is 1. The lowest BCUT2D eigenvalue weighted by atomic mass is 10.0. The molecule has 120 valence electrons. The minimum absolute atomic E-state index is 0.0220. The highest BCUT2D eigenvalue weighted by Crippen LogP contribution is 2.25. The van der Waals surface area contributed by atoms with Crippen LogP contribution in [0.3, 0.4) is 0 Å². The van der Waals surface area contributed by atoms with Crippen molar-refractivity contribution in [1.82, 2.24) is 4.72 Å². The molecule has 2 aromatic carbocycles. The molecule has 0 saturated heterocycles. The lowest BCUT2D eigenvalue weighted by Crippen LogP contribution is -2.24. The number of ether oxygens (including phenoxy) is 1.